The Morgan fingerprint density at radius 2 is 2.00 bits per heavy atom. The van der Waals surface area contributed by atoms with Crippen LogP contribution in [0.3, 0.4) is 0 Å². The van der Waals surface area contributed by atoms with Gasteiger partial charge < -0.3 is 15.0 Å². The second kappa shape index (κ2) is 10.5. The SMILES string of the molecule is N#CC(NC(=O)C1CCCN(C(=O)CCOc2ccccc2)C1)c1ccc(F)cc1F. The standard InChI is InChI=1S/C23H23F2N3O3/c24-17-8-9-19(20(25)13-17)21(14-26)27-23(30)16-5-4-11-28(15-16)22(29)10-12-31-18-6-2-1-3-7-18/h1-3,6-9,13,16,21H,4-5,10-12,15H2,(H,27,30). The summed E-state index contributed by atoms with van der Waals surface area (Å²) in [4.78, 5) is 26.8. The predicted molar refractivity (Wildman–Crippen MR) is 109 cm³/mol. The van der Waals surface area contributed by atoms with Crippen molar-refractivity contribution in [1.29, 1.82) is 5.26 Å². The van der Waals surface area contributed by atoms with E-state index in [-0.39, 0.29) is 31.0 Å². The van der Waals surface area contributed by atoms with E-state index in [2.05, 4.69) is 5.32 Å². The summed E-state index contributed by atoms with van der Waals surface area (Å²) < 4.78 is 32.6. The van der Waals surface area contributed by atoms with Gasteiger partial charge in [0.2, 0.25) is 11.8 Å². The number of hydrogen-bond donors (Lipinski definition) is 1. The van der Waals surface area contributed by atoms with E-state index in [0.717, 1.165) is 12.1 Å². The van der Waals surface area contributed by atoms with Crippen molar-refractivity contribution in [2.75, 3.05) is 19.7 Å². The van der Waals surface area contributed by atoms with Crippen LogP contribution in [0.2, 0.25) is 0 Å². The van der Waals surface area contributed by atoms with Crippen molar-refractivity contribution < 1.29 is 23.1 Å². The molecule has 31 heavy (non-hydrogen) atoms. The van der Waals surface area contributed by atoms with Gasteiger partial charge >= 0.3 is 0 Å². The van der Waals surface area contributed by atoms with Gasteiger partial charge in [0.25, 0.3) is 0 Å². The van der Waals surface area contributed by atoms with Crippen molar-refractivity contribution in [3.8, 4) is 11.8 Å². The molecule has 0 bridgehead atoms. The highest BCUT2D eigenvalue weighted by Gasteiger charge is 2.30. The Morgan fingerprint density at radius 1 is 1.23 bits per heavy atom. The van der Waals surface area contributed by atoms with Gasteiger partial charge in [-0.15, -0.1) is 0 Å². The van der Waals surface area contributed by atoms with Crippen molar-refractivity contribution in [3.05, 3.63) is 65.7 Å². The minimum absolute atomic E-state index is 0.0981. The third kappa shape index (κ3) is 6.01. The van der Waals surface area contributed by atoms with Gasteiger partial charge in [0.1, 0.15) is 23.4 Å². The van der Waals surface area contributed by atoms with E-state index in [1.165, 1.54) is 0 Å². The Hall–Kier alpha value is -3.47. The molecule has 0 saturated carbocycles. The normalized spacial score (nSPS) is 16.8. The minimum atomic E-state index is -1.24. The molecule has 1 saturated heterocycles. The Kier molecular flexibility index (Phi) is 7.55. The topological polar surface area (TPSA) is 82.4 Å². The first-order valence-electron chi connectivity index (χ1n) is 10.1. The van der Waals surface area contributed by atoms with E-state index < -0.39 is 29.5 Å². The van der Waals surface area contributed by atoms with Crippen molar-refractivity contribution >= 4 is 11.8 Å². The number of para-hydroxylation sites is 1. The number of nitrogens with one attached hydrogen (secondary N) is 1. The Labute approximate surface area is 179 Å². The lowest BCUT2D eigenvalue weighted by molar-refractivity contribution is -0.136. The molecule has 2 amide bonds. The summed E-state index contributed by atoms with van der Waals surface area (Å²) in [6.45, 7) is 0.999. The number of carbonyl (C=O) groups excluding carboxylic acids is 2. The molecule has 1 aliphatic heterocycles. The van der Waals surface area contributed by atoms with E-state index in [0.29, 0.717) is 31.2 Å². The summed E-state index contributed by atoms with van der Waals surface area (Å²) in [7, 11) is 0. The van der Waals surface area contributed by atoms with Crippen LogP contribution in [0.25, 0.3) is 0 Å². The summed E-state index contributed by atoms with van der Waals surface area (Å²) in [6, 6.07) is 12.6. The van der Waals surface area contributed by atoms with Gasteiger partial charge in [-0.25, -0.2) is 8.78 Å². The zero-order valence-electron chi connectivity index (χ0n) is 16.9. The van der Waals surface area contributed by atoms with E-state index in [9.17, 15) is 23.6 Å². The van der Waals surface area contributed by atoms with E-state index in [1.54, 1.807) is 17.0 Å². The maximum absolute atomic E-state index is 14.0. The van der Waals surface area contributed by atoms with Gasteiger partial charge in [-0.05, 0) is 31.0 Å². The maximum atomic E-state index is 14.0. The molecule has 8 heteroatoms. The zero-order valence-corrected chi connectivity index (χ0v) is 16.9. The number of amides is 2. The molecule has 0 radical (unpaired) electrons. The molecular formula is C23H23F2N3O3. The number of nitriles is 1. The lowest BCUT2D eigenvalue weighted by Crippen LogP contribution is -2.46. The minimum Gasteiger partial charge on any atom is -0.493 e. The molecule has 0 aromatic heterocycles. The van der Waals surface area contributed by atoms with Crippen LogP contribution in [-0.4, -0.2) is 36.4 Å². The van der Waals surface area contributed by atoms with Crippen LogP contribution in [0.1, 0.15) is 30.9 Å². The first-order valence-corrected chi connectivity index (χ1v) is 10.1. The van der Waals surface area contributed by atoms with E-state index in [4.69, 9.17) is 4.74 Å². The number of halogens is 2. The van der Waals surface area contributed by atoms with E-state index >= 15 is 0 Å². The molecule has 2 unspecified atom stereocenters. The van der Waals surface area contributed by atoms with Crippen LogP contribution >= 0.6 is 0 Å². The fourth-order valence-corrected chi connectivity index (χ4v) is 3.52. The lowest BCUT2D eigenvalue weighted by atomic mass is 9.96. The molecule has 0 aliphatic carbocycles. The number of benzene rings is 2. The summed E-state index contributed by atoms with van der Waals surface area (Å²) in [5, 5.41) is 11.9. The van der Waals surface area contributed by atoms with Crippen molar-refractivity contribution in [1.82, 2.24) is 10.2 Å². The summed E-state index contributed by atoms with van der Waals surface area (Å²) >= 11 is 0. The molecule has 1 N–H and O–H groups in total. The second-order valence-electron chi connectivity index (χ2n) is 7.33. The Bertz CT molecular complexity index is 962. The molecule has 1 heterocycles. The molecule has 2 aromatic rings. The molecule has 0 spiro atoms. The summed E-state index contributed by atoms with van der Waals surface area (Å²) in [5.41, 5.74) is -0.0981. The number of ether oxygens (including phenoxy) is 1. The lowest BCUT2D eigenvalue weighted by Gasteiger charge is -2.32. The van der Waals surface area contributed by atoms with Crippen molar-refractivity contribution in [3.63, 3.8) is 0 Å². The Balaban J connectivity index is 1.53. The summed E-state index contributed by atoms with van der Waals surface area (Å²) in [6.07, 6.45) is 1.39. The summed E-state index contributed by atoms with van der Waals surface area (Å²) in [5.74, 6) is -2.04. The first kappa shape index (κ1) is 22.2. The van der Waals surface area contributed by atoms with Crippen LogP contribution in [0.5, 0.6) is 5.75 Å². The third-order valence-corrected chi connectivity index (χ3v) is 5.16. The average Bonchev–Trinajstić information content (AvgIpc) is 2.78. The molecular weight excluding hydrogens is 404 g/mol. The van der Waals surface area contributed by atoms with Gasteiger partial charge in [-0.2, -0.15) is 5.26 Å². The highest BCUT2D eigenvalue weighted by molar-refractivity contribution is 5.82. The highest BCUT2D eigenvalue weighted by Crippen LogP contribution is 2.22. The maximum Gasteiger partial charge on any atom is 0.226 e. The highest BCUT2D eigenvalue weighted by atomic mass is 19.1. The number of likely N-dealkylation sites (tertiary alicyclic amines) is 1. The molecule has 2 aromatic carbocycles. The first-order chi connectivity index (χ1) is 15.0. The molecule has 2 atom stereocenters. The smallest absolute Gasteiger partial charge is 0.226 e. The van der Waals surface area contributed by atoms with Crippen LogP contribution in [0.4, 0.5) is 8.78 Å². The Morgan fingerprint density at radius 3 is 2.71 bits per heavy atom. The van der Waals surface area contributed by atoms with Crippen LogP contribution in [-0.2, 0) is 9.59 Å². The number of carbonyl (C=O) groups is 2. The van der Waals surface area contributed by atoms with Gasteiger partial charge in [0.15, 0.2) is 0 Å². The van der Waals surface area contributed by atoms with E-state index in [1.807, 2.05) is 24.3 Å². The second-order valence-corrected chi connectivity index (χ2v) is 7.33. The molecule has 3 rings (SSSR count). The van der Waals surface area contributed by atoms with Crippen molar-refractivity contribution in [2.24, 2.45) is 5.92 Å². The molecule has 6 nitrogen and oxygen atoms in total. The number of piperidine rings is 1. The van der Waals surface area contributed by atoms with Gasteiger partial charge in [-0.3, -0.25) is 9.59 Å². The average molecular weight is 427 g/mol. The largest absolute Gasteiger partial charge is 0.493 e. The van der Waals surface area contributed by atoms with Crippen LogP contribution in [0, 0.1) is 28.9 Å². The predicted octanol–water partition coefficient (Wildman–Crippen LogP) is 3.35. The number of nitrogens with zero attached hydrogens (tertiary/aromatic N) is 2. The van der Waals surface area contributed by atoms with Crippen LogP contribution in [0.15, 0.2) is 48.5 Å². The molecule has 162 valence electrons. The van der Waals surface area contributed by atoms with Crippen LogP contribution < -0.4 is 10.1 Å². The third-order valence-electron chi connectivity index (χ3n) is 5.16. The number of rotatable bonds is 7. The van der Waals surface area contributed by atoms with Gasteiger partial charge in [-0.1, -0.05) is 24.3 Å². The number of hydrogen-bond acceptors (Lipinski definition) is 4. The van der Waals surface area contributed by atoms with Gasteiger partial charge in [0.05, 0.1) is 25.0 Å². The molecule has 1 aliphatic rings. The quantitative estimate of drug-likeness (QED) is 0.735. The fraction of sp³-hybridized carbons (Fsp3) is 0.348. The molecule has 1 fully saturated rings. The monoisotopic (exact) mass is 427 g/mol. The fourth-order valence-electron chi connectivity index (χ4n) is 3.52. The zero-order chi connectivity index (χ0) is 22.2. The van der Waals surface area contributed by atoms with Crippen molar-refractivity contribution in [2.45, 2.75) is 25.3 Å². The van der Waals surface area contributed by atoms with Gasteiger partial charge in [0, 0.05) is 24.7 Å².